The van der Waals surface area contributed by atoms with E-state index in [0.717, 1.165) is 10.4 Å². The zero-order valence-corrected chi connectivity index (χ0v) is 15.9. The van der Waals surface area contributed by atoms with Crippen molar-refractivity contribution in [3.05, 3.63) is 53.1 Å². The van der Waals surface area contributed by atoms with Crippen LogP contribution in [0.1, 0.15) is 19.4 Å². The molecule has 0 fully saturated rings. The molecule has 2 aromatic carbocycles. The average molecular weight is 421 g/mol. The molecule has 1 amide bonds. The van der Waals surface area contributed by atoms with Crippen LogP contribution in [0.15, 0.2) is 47.4 Å². The second-order valence-corrected chi connectivity index (χ2v) is 7.81. The Hall–Kier alpha value is -2.26. The largest absolute Gasteiger partial charge is 0.417 e. The number of nitrogens with zero attached hydrogens (tertiary/aromatic N) is 1. The van der Waals surface area contributed by atoms with Gasteiger partial charge in [-0.2, -0.15) is 13.2 Å². The Kier molecular flexibility index (Phi) is 6.06. The van der Waals surface area contributed by atoms with Crippen molar-refractivity contribution in [1.29, 1.82) is 0 Å². The zero-order valence-electron chi connectivity index (χ0n) is 14.3. The molecule has 0 aliphatic carbocycles. The van der Waals surface area contributed by atoms with Crippen molar-refractivity contribution in [3.63, 3.8) is 0 Å². The highest BCUT2D eigenvalue weighted by molar-refractivity contribution is 7.92. The zero-order chi connectivity index (χ0) is 20.4. The molecule has 2 rings (SSSR count). The third kappa shape index (κ3) is 4.72. The van der Waals surface area contributed by atoms with Gasteiger partial charge >= 0.3 is 6.18 Å². The fourth-order valence-corrected chi connectivity index (χ4v) is 4.11. The van der Waals surface area contributed by atoms with Gasteiger partial charge in [-0.15, -0.1) is 0 Å². The van der Waals surface area contributed by atoms with E-state index >= 15 is 0 Å². The summed E-state index contributed by atoms with van der Waals surface area (Å²) >= 11 is 5.60. The Morgan fingerprint density at radius 2 is 1.74 bits per heavy atom. The maximum atomic E-state index is 13.1. The number of carbonyl (C=O) groups is 1. The molecule has 146 valence electrons. The number of rotatable bonds is 5. The number of halogens is 4. The highest BCUT2D eigenvalue weighted by atomic mass is 35.5. The summed E-state index contributed by atoms with van der Waals surface area (Å²) in [6.07, 6.45) is -4.71. The van der Waals surface area contributed by atoms with Crippen LogP contribution in [0.2, 0.25) is 5.02 Å². The van der Waals surface area contributed by atoms with Crippen molar-refractivity contribution < 1.29 is 26.4 Å². The summed E-state index contributed by atoms with van der Waals surface area (Å²) in [6, 6.07) is 8.25. The van der Waals surface area contributed by atoms with Crippen LogP contribution in [0.25, 0.3) is 0 Å². The molecule has 0 saturated carbocycles. The predicted octanol–water partition coefficient (Wildman–Crippen LogP) is 4.53. The number of hydrogen-bond acceptors (Lipinski definition) is 3. The van der Waals surface area contributed by atoms with Crippen LogP contribution in [0.5, 0.6) is 0 Å². The summed E-state index contributed by atoms with van der Waals surface area (Å²) in [7, 11) is -4.11. The molecule has 2 aromatic rings. The first-order valence-electron chi connectivity index (χ1n) is 7.74. The monoisotopic (exact) mass is 420 g/mol. The first-order chi connectivity index (χ1) is 12.5. The van der Waals surface area contributed by atoms with Gasteiger partial charge in [0, 0.05) is 19.2 Å². The SMILES string of the molecule is CCN(c1ccc(Cl)c(C(F)(F)F)c1)S(=O)(=O)c1ccc(NC(C)=O)cc1. The lowest BCUT2D eigenvalue weighted by Gasteiger charge is -2.24. The van der Waals surface area contributed by atoms with Gasteiger partial charge in [0.05, 0.1) is 21.2 Å². The van der Waals surface area contributed by atoms with E-state index in [2.05, 4.69) is 5.32 Å². The minimum Gasteiger partial charge on any atom is -0.326 e. The molecular weight excluding hydrogens is 405 g/mol. The third-order valence-corrected chi connectivity index (χ3v) is 5.84. The van der Waals surface area contributed by atoms with E-state index in [1.807, 2.05) is 0 Å². The topological polar surface area (TPSA) is 66.5 Å². The average Bonchev–Trinajstić information content (AvgIpc) is 2.55. The molecule has 0 radical (unpaired) electrons. The van der Waals surface area contributed by atoms with Gasteiger partial charge in [-0.25, -0.2) is 8.42 Å². The second kappa shape index (κ2) is 7.77. The first-order valence-corrected chi connectivity index (χ1v) is 9.55. The molecule has 0 saturated heterocycles. The minimum absolute atomic E-state index is 0.0886. The standard InChI is InChI=1S/C17H16ClF3N2O3S/c1-3-23(13-6-9-16(18)15(10-13)17(19,20)21)27(25,26)14-7-4-12(5-8-14)22-11(2)24/h4-10H,3H2,1-2H3,(H,22,24). The Labute approximate surface area is 159 Å². The summed E-state index contributed by atoms with van der Waals surface area (Å²) in [6.45, 7) is 2.72. The Morgan fingerprint density at radius 1 is 1.15 bits per heavy atom. The lowest BCUT2D eigenvalue weighted by molar-refractivity contribution is -0.137. The van der Waals surface area contributed by atoms with Crippen molar-refractivity contribution >= 4 is 38.9 Å². The van der Waals surface area contributed by atoms with Gasteiger partial charge in [-0.1, -0.05) is 11.6 Å². The normalized spacial score (nSPS) is 11.9. The molecule has 1 N–H and O–H groups in total. The van der Waals surface area contributed by atoms with Crippen molar-refractivity contribution in [3.8, 4) is 0 Å². The highest BCUT2D eigenvalue weighted by Crippen LogP contribution is 2.38. The van der Waals surface area contributed by atoms with E-state index in [-0.39, 0.29) is 23.0 Å². The van der Waals surface area contributed by atoms with Gasteiger partial charge in [0.1, 0.15) is 0 Å². The summed E-state index contributed by atoms with van der Waals surface area (Å²) in [5.41, 5.74) is -0.869. The van der Waals surface area contributed by atoms with Gasteiger partial charge in [-0.05, 0) is 49.4 Å². The number of amides is 1. The molecule has 0 unspecified atom stereocenters. The minimum atomic E-state index is -4.71. The molecule has 0 aliphatic heterocycles. The number of carbonyl (C=O) groups excluding carboxylic acids is 1. The van der Waals surface area contributed by atoms with E-state index in [1.165, 1.54) is 44.2 Å². The Bertz CT molecular complexity index is 945. The summed E-state index contributed by atoms with van der Waals surface area (Å²) < 4.78 is 65.8. The van der Waals surface area contributed by atoms with E-state index in [4.69, 9.17) is 11.6 Å². The van der Waals surface area contributed by atoms with Crippen molar-refractivity contribution in [2.24, 2.45) is 0 Å². The van der Waals surface area contributed by atoms with Gasteiger partial charge in [-0.3, -0.25) is 9.10 Å². The molecular formula is C17H16ClF3N2O3S. The van der Waals surface area contributed by atoms with Crippen LogP contribution in [0.3, 0.4) is 0 Å². The van der Waals surface area contributed by atoms with Gasteiger partial charge in [0.25, 0.3) is 10.0 Å². The maximum Gasteiger partial charge on any atom is 0.417 e. The van der Waals surface area contributed by atoms with Crippen LogP contribution in [-0.4, -0.2) is 20.9 Å². The summed E-state index contributed by atoms with van der Waals surface area (Å²) in [5, 5.41) is 1.99. The molecule has 5 nitrogen and oxygen atoms in total. The van der Waals surface area contributed by atoms with Crippen LogP contribution in [0.4, 0.5) is 24.5 Å². The molecule has 0 atom stereocenters. The molecule has 27 heavy (non-hydrogen) atoms. The fraction of sp³-hybridized carbons (Fsp3) is 0.235. The number of nitrogens with one attached hydrogen (secondary N) is 1. The quantitative estimate of drug-likeness (QED) is 0.772. The summed E-state index contributed by atoms with van der Waals surface area (Å²) in [4.78, 5) is 10.9. The lowest BCUT2D eigenvalue weighted by atomic mass is 10.2. The van der Waals surface area contributed by atoms with E-state index < -0.39 is 26.8 Å². The summed E-state index contributed by atoms with van der Waals surface area (Å²) in [5.74, 6) is -0.318. The molecule has 10 heteroatoms. The van der Waals surface area contributed by atoms with Crippen LogP contribution >= 0.6 is 11.6 Å². The van der Waals surface area contributed by atoms with Crippen LogP contribution in [0, 0.1) is 0 Å². The first kappa shape index (κ1) is 21.0. The Balaban J connectivity index is 2.45. The van der Waals surface area contributed by atoms with Gasteiger partial charge in [0.15, 0.2) is 0 Å². The molecule has 0 bridgehead atoms. The van der Waals surface area contributed by atoms with Crippen LogP contribution < -0.4 is 9.62 Å². The van der Waals surface area contributed by atoms with Gasteiger partial charge < -0.3 is 5.32 Å². The molecule has 0 heterocycles. The van der Waals surface area contributed by atoms with E-state index in [1.54, 1.807) is 0 Å². The third-order valence-electron chi connectivity index (χ3n) is 3.59. The number of sulfonamides is 1. The van der Waals surface area contributed by atoms with Crippen molar-refractivity contribution in [2.45, 2.75) is 24.9 Å². The molecule has 0 spiro atoms. The van der Waals surface area contributed by atoms with Crippen molar-refractivity contribution in [1.82, 2.24) is 0 Å². The number of anilines is 2. The maximum absolute atomic E-state index is 13.1. The highest BCUT2D eigenvalue weighted by Gasteiger charge is 2.34. The van der Waals surface area contributed by atoms with Crippen LogP contribution in [-0.2, 0) is 21.0 Å². The number of benzene rings is 2. The Morgan fingerprint density at radius 3 is 2.22 bits per heavy atom. The van der Waals surface area contributed by atoms with Crippen molar-refractivity contribution in [2.75, 3.05) is 16.2 Å². The predicted molar refractivity (Wildman–Crippen MR) is 97.4 cm³/mol. The number of alkyl halides is 3. The number of hydrogen-bond donors (Lipinski definition) is 1. The fourth-order valence-electron chi connectivity index (χ4n) is 2.42. The van der Waals surface area contributed by atoms with Gasteiger partial charge in [0.2, 0.25) is 5.91 Å². The smallest absolute Gasteiger partial charge is 0.326 e. The lowest BCUT2D eigenvalue weighted by Crippen LogP contribution is -2.31. The molecule has 0 aliphatic rings. The van der Waals surface area contributed by atoms with E-state index in [0.29, 0.717) is 11.8 Å². The molecule has 0 aromatic heterocycles. The van der Waals surface area contributed by atoms with E-state index in [9.17, 15) is 26.4 Å². The second-order valence-electron chi connectivity index (χ2n) is 5.54.